The van der Waals surface area contributed by atoms with Crippen molar-refractivity contribution in [2.45, 2.75) is 9.79 Å². The molecule has 0 aliphatic carbocycles. The van der Waals surface area contributed by atoms with E-state index in [1.54, 1.807) is 0 Å². The van der Waals surface area contributed by atoms with E-state index >= 15 is 0 Å². The summed E-state index contributed by atoms with van der Waals surface area (Å²) in [6.07, 6.45) is 0. The van der Waals surface area contributed by atoms with Crippen LogP contribution in [0, 0.1) is 0 Å². The Morgan fingerprint density at radius 1 is 0.833 bits per heavy atom. The van der Waals surface area contributed by atoms with Crippen molar-refractivity contribution < 1.29 is 21.4 Å². The summed E-state index contributed by atoms with van der Waals surface area (Å²) in [5.41, 5.74) is 0.0690. The Morgan fingerprint density at radius 3 is 1.83 bits per heavy atom. The van der Waals surface area contributed by atoms with Gasteiger partial charge in [-0.2, -0.15) is 8.42 Å². The van der Waals surface area contributed by atoms with Gasteiger partial charge in [-0.15, -0.1) is 0 Å². The molecule has 126 valence electrons. The summed E-state index contributed by atoms with van der Waals surface area (Å²) in [6, 6.07) is 6.73. The summed E-state index contributed by atoms with van der Waals surface area (Å²) >= 11 is 17.4. The molecule has 0 fully saturated rings. The summed E-state index contributed by atoms with van der Waals surface area (Å²) in [6.45, 7) is 0. The molecule has 0 aliphatic heterocycles. The maximum atomic E-state index is 12.3. The zero-order valence-corrected chi connectivity index (χ0v) is 14.9. The predicted octanol–water partition coefficient (Wildman–Crippen LogP) is 3.05. The fraction of sp³-hybridized carbons (Fsp3) is 0. The van der Waals surface area contributed by atoms with Crippen molar-refractivity contribution in [1.82, 2.24) is 0 Å². The van der Waals surface area contributed by atoms with Gasteiger partial charge in [0.05, 0.1) is 20.0 Å². The van der Waals surface area contributed by atoms with E-state index in [4.69, 9.17) is 39.4 Å². The Bertz CT molecular complexity index is 963. The molecule has 0 bridgehead atoms. The summed E-state index contributed by atoms with van der Waals surface area (Å²) in [5.74, 6) is 0. The number of anilines is 1. The molecule has 12 heteroatoms. The van der Waals surface area contributed by atoms with Crippen molar-refractivity contribution in [3.05, 3.63) is 51.5 Å². The van der Waals surface area contributed by atoms with E-state index < -0.39 is 20.1 Å². The molecule has 2 aromatic rings. The fourth-order valence-electron chi connectivity index (χ4n) is 1.62. The van der Waals surface area contributed by atoms with Gasteiger partial charge in [0.25, 0.3) is 20.1 Å². The van der Waals surface area contributed by atoms with Crippen LogP contribution in [0.1, 0.15) is 0 Å². The molecule has 24 heavy (non-hydrogen) atoms. The Balaban J connectivity index is 0.00000288. The number of sulfonamides is 1. The zero-order valence-electron chi connectivity index (χ0n) is 11.0. The van der Waals surface area contributed by atoms with Gasteiger partial charge in [-0.25, -0.2) is 8.42 Å². The third kappa shape index (κ3) is 5.23. The number of halogens is 3. The first-order valence-electron chi connectivity index (χ1n) is 5.75. The minimum atomic E-state index is -4.36. The number of nitrogens with one attached hydrogen (secondary N) is 1. The molecule has 0 aliphatic rings. The number of benzene rings is 2. The van der Waals surface area contributed by atoms with Gasteiger partial charge in [0.1, 0.15) is 4.90 Å². The maximum absolute atomic E-state index is 12.3. The van der Waals surface area contributed by atoms with Gasteiger partial charge in [-0.05, 0) is 36.4 Å². The molecule has 0 radical (unpaired) electrons. The van der Waals surface area contributed by atoms with Crippen LogP contribution in [0.5, 0.6) is 0 Å². The van der Waals surface area contributed by atoms with Crippen molar-refractivity contribution in [2.75, 3.05) is 4.72 Å². The number of rotatable bonds is 4. The van der Waals surface area contributed by atoms with E-state index in [0.29, 0.717) is 0 Å². The SMILES string of the molecule is O=S(=O)(O)c1ccc(NS(=O)(=O)c2cc(Cl)c(Cl)cc2Cl)cc1.[NaH]. The van der Waals surface area contributed by atoms with Crippen molar-refractivity contribution >= 4 is 90.2 Å². The average molecular weight is 441 g/mol. The molecule has 0 saturated carbocycles. The minimum absolute atomic E-state index is 0. The van der Waals surface area contributed by atoms with Gasteiger partial charge >= 0.3 is 29.6 Å². The summed E-state index contributed by atoms with van der Waals surface area (Å²) in [7, 11) is -8.43. The van der Waals surface area contributed by atoms with Gasteiger partial charge in [0, 0.05) is 5.69 Å². The summed E-state index contributed by atoms with van der Waals surface area (Å²) in [4.78, 5) is -0.652. The normalized spacial score (nSPS) is 11.7. The molecule has 0 spiro atoms. The molecule has 0 aromatic heterocycles. The summed E-state index contributed by atoms with van der Waals surface area (Å²) < 4.78 is 57.6. The monoisotopic (exact) mass is 439 g/mol. The molecule has 0 atom stereocenters. The van der Waals surface area contributed by atoms with Crippen LogP contribution in [-0.4, -0.2) is 50.9 Å². The van der Waals surface area contributed by atoms with Crippen LogP contribution in [0.4, 0.5) is 5.69 Å². The first-order chi connectivity index (χ1) is 10.5. The molecule has 0 saturated heterocycles. The van der Waals surface area contributed by atoms with Crippen molar-refractivity contribution in [2.24, 2.45) is 0 Å². The fourth-order valence-corrected chi connectivity index (χ4v) is 4.16. The molecule has 2 N–H and O–H groups in total. The average Bonchev–Trinajstić information content (AvgIpc) is 2.41. The van der Waals surface area contributed by atoms with Gasteiger partial charge in [-0.1, -0.05) is 34.8 Å². The first kappa shape index (κ1) is 22.0. The van der Waals surface area contributed by atoms with Crippen molar-refractivity contribution in [1.29, 1.82) is 0 Å². The van der Waals surface area contributed by atoms with Gasteiger partial charge in [0.2, 0.25) is 0 Å². The molecule has 2 rings (SSSR count). The van der Waals surface area contributed by atoms with Gasteiger partial charge in [0.15, 0.2) is 0 Å². The van der Waals surface area contributed by atoms with Crippen molar-refractivity contribution in [3.63, 3.8) is 0 Å². The Labute approximate surface area is 176 Å². The molecule has 6 nitrogen and oxygen atoms in total. The molecular weight excluding hydrogens is 432 g/mol. The van der Waals surface area contributed by atoms with Crippen LogP contribution in [0.15, 0.2) is 46.2 Å². The van der Waals surface area contributed by atoms with E-state index in [9.17, 15) is 16.8 Å². The third-order valence-corrected chi connectivity index (χ3v) is 6.10. The predicted molar refractivity (Wildman–Crippen MR) is 95.7 cm³/mol. The van der Waals surface area contributed by atoms with Crippen LogP contribution in [-0.2, 0) is 20.1 Å². The van der Waals surface area contributed by atoms with E-state index in [2.05, 4.69) is 4.72 Å². The Kier molecular flexibility index (Phi) is 7.44. The second-order valence-corrected chi connectivity index (χ2v) is 8.60. The van der Waals surface area contributed by atoms with Crippen LogP contribution in [0.2, 0.25) is 15.1 Å². The molecule has 2 aromatic carbocycles. The topological polar surface area (TPSA) is 101 Å². The van der Waals surface area contributed by atoms with E-state index in [-0.39, 0.29) is 60.1 Å². The van der Waals surface area contributed by atoms with Crippen LogP contribution >= 0.6 is 34.8 Å². The van der Waals surface area contributed by atoms with E-state index in [1.807, 2.05) is 0 Å². The zero-order chi connectivity index (χ0) is 17.4. The van der Waals surface area contributed by atoms with Crippen LogP contribution in [0.3, 0.4) is 0 Å². The van der Waals surface area contributed by atoms with E-state index in [0.717, 1.165) is 18.2 Å². The molecule has 0 heterocycles. The van der Waals surface area contributed by atoms with Crippen molar-refractivity contribution in [3.8, 4) is 0 Å². The third-order valence-electron chi connectivity index (χ3n) is 2.67. The molecule has 0 amide bonds. The molecule has 0 unspecified atom stereocenters. The molecular formula is C12H9Cl3NNaO5S2. The standard InChI is InChI=1S/C12H8Cl3NO5S2.Na.H/c13-9-5-11(15)12(6-10(9)14)22(17,18)16-7-1-3-8(4-2-7)23(19,20)21;;/h1-6,16H,(H,19,20,21);;. The second kappa shape index (κ2) is 8.11. The first-order valence-corrected chi connectivity index (χ1v) is 9.81. The number of hydrogen-bond acceptors (Lipinski definition) is 4. The van der Waals surface area contributed by atoms with Gasteiger partial charge < -0.3 is 0 Å². The Morgan fingerprint density at radius 2 is 1.33 bits per heavy atom. The summed E-state index contributed by atoms with van der Waals surface area (Å²) in [5, 5.41) is -0.00672. The Hall–Kier alpha value is -0.0300. The van der Waals surface area contributed by atoms with Gasteiger partial charge in [-0.3, -0.25) is 9.27 Å². The second-order valence-electron chi connectivity index (χ2n) is 4.30. The quantitative estimate of drug-likeness (QED) is 0.432. The van der Waals surface area contributed by atoms with Crippen LogP contribution < -0.4 is 4.72 Å². The number of hydrogen-bond donors (Lipinski definition) is 2. The van der Waals surface area contributed by atoms with E-state index in [1.165, 1.54) is 18.2 Å². The van der Waals surface area contributed by atoms with Crippen LogP contribution in [0.25, 0.3) is 0 Å².